The Morgan fingerprint density at radius 1 is 1.05 bits per heavy atom. The van der Waals surface area contributed by atoms with E-state index in [0.29, 0.717) is 10.8 Å². The molecule has 1 N–H and O–H groups in total. The number of nitrogens with one attached hydrogen (secondary N) is 1. The number of aromatic nitrogens is 1. The van der Waals surface area contributed by atoms with Crippen LogP contribution in [0, 0.1) is 18.6 Å². The van der Waals surface area contributed by atoms with Gasteiger partial charge in [-0.05, 0) is 48.9 Å². The molecule has 3 rings (SSSR count). The first-order valence-electron chi connectivity index (χ1n) is 5.70. The van der Waals surface area contributed by atoms with E-state index in [1.807, 2.05) is 13.0 Å². The second-order valence-electron chi connectivity index (χ2n) is 4.27. The molecule has 0 saturated carbocycles. The molecule has 0 amide bonds. The Balaban J connectivity index is 1.96. The molecule has 0 bridgehead atoms. The van der Waals surface area contributed by atoms with Gasteiger partial charge in [0.05, 0.1) is 10.2 Å². The summed E-state index contributed by atoms with van der Waals surface area (Å²) < 4.78 is 27.1. The third-order valence-electron chi connectivity index (χ3n) is 2.64. The predicted octanol–water partition coefficient (Wildman–Crippen LogP) is 4.63. The van der Waals surface area contributed by atoms with Crippen molar-refractivity contribution in [1.29, 1.82) is 0 Å². The summed E-state index contributed by atoms with van der Waals surface area (Å²) in [6, 6.07) is 9.13. The molecule has 5 heteroatoms. The Kier molecular flexibility index (Phi) is 2.91. The van der Waals surface area contributed by atoms with E-state index in [9.17, 15) is 8.78 Å². The summed E-state index contributed by atoms with van der Waals surface area (Å²) in [6.45, 7) is 1.82. The van der Waals surface area contributed by atoms with Crippen LogP contribution in [0.1, 0.15) is 5.56 Å². The van der Waals surface area contributed by atoms with E-state index in [-0.39, 0.29) is 11.6 Å². The van der Waals surface area contributed by atoms with Crippen molar-refractivity contribution in [3.63, 3.8) is 0 Å². The lowest BCUT2D eigenvalue weighted by Gasteiger charge is -2.03. The van der Waals surface area contributed by atoms with Gasteiger partial charge in [-0.2, -0.15) is 0 Å². The average Bonchev–Trinajstić information content (AvgIpc) is 2.68. The molecule has 0 spiro atoms. The lowest BCUT2D eigenvalue weighted by molar-refractivity contribution is 0.627. The van der Waals surface area contributed by atoms with Crippen molar-refractivity contribution in [3.05, 3.63) is 53.6 Å². The lowest BCUT2D eigenvalue weighted by atomic mass is 10.2. The van der Waals surface area contributed by atoms with Gasteiger partial charge < -0.3 is 5.32 Å². The van der Waals surface area contributed by atoms with E-state index >= 15 is 0 Å². The molecule has 2 nitrogen and oxygen atoms in total. The molecule has 1 aromatic heterocycles. The summed E-state index contributed by atoms with van der Waals surface area (Å²) in [5.74, 6) is -0.584. The lowest BCUT2D eigenvalue weighted by Crippen LogP contribution is -1.91. The topological polar surface area (TPSA) is 24.9 Å². The van der Waals surface area contributed by atoms with Crippen LogP contribution in [0.25, 0.3) is 10.2 Å². The van der Waals surface area contributed by atoms with Crippen molar-refractivity contribution in [3.8, 4) is 0 Å². The molecule has 0 unspecified atom stereocenters. The van der Waals surface area contributed by atoms with Crippen molar-refractivity contribution in [2.24, 2.45) is 0 Å². The monoisotopic (exact) mass is 276 g/mol. The zero-order valence-corrected chi connectivity index (χ0v) is 10.9. The molecule has 19 heavy (non-hydrogen) atoms. The summed E-state index contributed by atoms with van der Waals surface area (Å²) in [5.41, 5.74) is 2.19. The zero-order chi connectivity index (χ0) is 13.4. The maximum atomic E-state index is 13.3. The molecule has 3 aromatic rings. The van der Waals surface area contributed by atoms with E-state index < -0.39 is 0 Å². The zero-order valence-electron chi connectivity index (χ0n) is 10.1. The standard InChI is InChI=1S/C14H10F2N2S/c1-8-4-10(16)6-11(5-8)17-14-18-12-3-2-9(15)7-13(12)19-14/h2-7H,1H3,(H,17,18). The highest BCUT2D eigenvalue weighted by atomic mass is 32.1. The number of fused-ring (bicyclic) bond motifs is 1. The largest absolute Gasteiger partial charge is 0.331 e. The third-order valence-corrected chi connectivity index (χ3v) is 3.58. The number of thiazole rings is 1. The molecule has 0 aliphatic rings. The minimum Gasteiger partial charge on any atom is -0.331 e. The van der Waals surface area contributed by atoms with Crippen molar-refractivity contribution < 1.29 is 8.78 Å². The second-order valence-corrected chi connectivity index (χ2v) is 5.30. The number of hydrogen-bond acceptors (Lipinski definition) is 3. The van der Waals surface area contributed by atoms with Crippen LogP contribution in [-0.4, -0.2) is 4.98 Å². The van der Waals surface area contributed by atoms with Crippen LogP contribution < -0.4 is 5.32 Å². The maximum absolute atomic E-state index is 13.3. The second kappa shape index (κ2) is 4.59. The summed E-state index contributed by atoms with van der Waals surface area (Å²) in [4.78, 5) is 4.33. The van der Waals surface area contributed by atoms with Gasteiger partial charge in [0, 0.05) is 5.69 Å². The number of nitrogens with zero attached hydrogens (tertiary/aromatic N) is 1. The van der Waals surface area contributed by atoms with Gasteiger partial charge in [0.2, 0.25) is 0 Å². The molecule has 96 valence electrons. The highest BCUT2D eigenvalue weighted by Crippen LogP contribution is 2.29. The van der Waals surface area contributed by atoms with Crippen molar-refractivity contribution in [2.75, 3.05) is 5.32 Å². The molecule has 0 fully saturated rings. The van der Waals surface area contributed by atoms with Crippen molar-refractivity contribution in [2.45, 2.75) is 6.92 Å². The first-order valence-corrected chi connectivity index (χ1v) is 6.52. The van der Waals surface area contributed by atoms with E-state index in [2.05, 4.69) is 10.3 Å². The van der Waals surface area contributed by atoms with E-state index in [1.165, 1.54) is 35.6 Å². The molecule has 0 radical (unpaired) electrons. The van der Waals surface area contributed by atoms with Gasteiger partial charge in [0.1, 0.15) is 11.6 Å². The number of halogens is 2. The minimum atomic E-state index is -0.297. The third kappa shape index (κ3) is 2.56. The van der Waals surface area contributed by atoms with Crippen LogP contribution in [0.5, 0.6) is 0 Å². The quantitative estimate of drug-likeness (QED) is 0.738. The minimum absolute atomic E-state index is 0.288. The molecule has 0 aliphatic heterocycles. The van der Waals surface area contributed by atoms with Crippen LogP contribution in [0.15, 0.2) is 36.4 Å². The van der Waals surface area contributed by atoms with E-state index in [1.54, 1.807) is 6.07 Å². The molecule has 1 heterocycles. The van der Waals surface area contributed by atoms with Gasteiger partial charge in [-0.15, -0.1) is 0 Å². The van der Waals surface area contributed by atoms with Crippen LogP contribution >= 0.6 is 11.3 Å². The Hall–Kier alpha value is -2.01. The van der Waals surface area contributed by atoms with Gasteiger partial charge >= 0.3 is 0 Å². The fraction of sp³-hybridized carbons (Fsp3) is 0.0714. The smallest absolute Gasteiger partial charge is 0.188 e. The van der Waals surface area contributed by atoms with Crippen LogP contribution in [0.2, 0.25) is 0 Å². The van der Waals surface area contributed by atoms with Crippen LogP contribution in [0.3, 0.4) is 0 Å². The van der Waals surface area contributed by atoms with Gasteiger partial charge in [0.15, 0.2) is 5.13 Å². The summed E-state index contributed by atoms with van der Waals surface area (Å²) in [7, 11) is 0. The molecular weight excluding hydrogens is 266 g/mol. The normalized spacial score (nSPS) is 10.9. The molecule has 0 saturated heterocycles. The number of rotatable bonds is 2. The van der Waals surface area contributed by atoms with Crippen LogP contribution in [-0.2, 0) is 0 Å². The Morgan fingerprint density at radius 2 is 1.89 bits per heavy atom. The molecule has 0 atom stereocenters. The molecule has 2 aromatic carbocycles. The van der Waals surface area contributed by atoms with Crippen molar-refractivity contribution in [1.82, 2.24) is 4.98 Å². The van der Waals surface area contributed by atoms with Crippen molar-refractivity contribution >= 4 is 32.4 Å². The maximum Gasteiger partial charge on any atom is 0.188 e. The first kappa shape index (κ1) is 12.0. The van der Waals surface area contributed by atoms with E-state index in [0.717, 1.165) is 15.8 Å². The highest BCUT2D eigenvalue weighted by Gasteiger charge is 2.06. The molecule has 0 aliphatic carbocycles. The van der Waals surface area contributed by atoms with E-state index in [4.69, 9.17) is 0 Å². The number of aryl methyl sites for hydroxylation is 1. The highest BCUT2D eigenvalue weighted by molar-refractivity contribution is 7.22. The Bertz CT molecular complexity index is 732. The summed E-state index contributed by atoms with van der Waals surface area (Å²) in [5, 5.41) is 3.66. The first-order chi connectivity index (χ1) is 9.10. The number of benzene rings is 2. The Morgan fingerprint density at radius 3 is 2.68 bits per heavy atom. The molecular formula is C14H10F2N2S. The number of anilines is 2. The van der Waals surface area contributed by atoms with Gasteiger partial charge in [-0.1, -0.05) is 11.3 Å². The SMILES string of the molecule is Cc1cc(F)cc(Nc2nc3ccc(F)cc3s2)c1. The number of hydrogen-bond donors (Lipinski definition) is 1. The van der Waals surface area contributed by atoms with Crippen LogP contribution in [0.4, 0.5) is 19.6 Å². The fourth-order valence-electron chi connectivity index (χ4n) is 1.88. The predicted molar refractivity (Wildman–Crippen MR) is 74.0 cm³/mol. The fourth-order valence-corrected chi connectivity index (χ4v) is 2.79. The van der Waals surface area contributed by atoms with Gasteiger partial charge in [-0.25, -0.2) is 13.8 Å². The summed E-state index contributed by atoms with van der Waals surface area (Å²) in [6.07, 6.45) is 0. The average molecular weight is 276 g/mol. The summed E-state index contributed by atoms with van der Waals surface area (Å²) >= 11 is 1.33. The van der Waals surface area contributed by atoms with Gasteiger partial charge in [-0.3, -0.25) is 0 Å². The van der Waals surface area contributed by atoms with Gasteiger partial charge in [0.25, 0.3) is 0 Å². The Labute approximate surface area is 112 Å².